The van der Waals surface area contributed by atoms with E-state index in [1.807, 2.05) is 12.3 Å². The summed E-state index contributed by atoms with van der Waals surface area (Å²) in [6.07, 6.45) is 12.5. The third-order valence-corrected chi connectivity index (χ3v) is 2.39. The molecule has 0 aromatic rings. The lowest BCUT2D eigenvalue weighted by Crippen LogP contribution is -2.34. The largest absolute Gasteiger partial charge is 0.368 e. The van der Waals surface area contributed by atoms with Crippen LogP contribution < -0.4 is 0 Å². The van der Waals surface area contributed by atoms with E-state index in [1.54, 1.807) is 0 Å². The van der Waals surface area contributed by atoms with E-state index in [0.29, 0.717) is 12.1 Å². The summed E-state index contributed by atoms with van der Waals surface area (Å²) >= 11 is 0. The predicted molar refractivity (Wildman–Crippen MR) is 54.5 cm³/mol. The standard InChI is InChI=1S/C10H13N3/c11-5-2-7-13-8-4-9-10(13)3-1-6-12-9/h1,3-6,8-11H,2,7H2. The molecule has 0 saturated heterocycles. The fraction of sp³-hybridized carbons (Fsp3) is 0.400. The van der Waals surface area contributed by atoms with Crippen molar-refractivity contribution in [1.29, 1.82) is 5.41 Å². The first kappa shape index (κ1) is 8.23. The molecule has 0 radical (unpaired) electrons. The van der Waals surface area contributed by atoms with E-state index in [1.165, 1.54) is 6.21 Å². The lowest BCUT2D eigenvalue weighted by Gasteiger charge is -2.26. The van der Waals surface area contributed by atoms with E-state index in [9.17, 15) is 0 Å². The predicted octanol–water partition coefficient (Wildman–Crippen LogP) is 1.23. The summed E-state index contributed by atoms with van der Waals surface area (Å²) in [5, 5.41) is 6.98. The van der Waals surface area contributed by atoms with Crippen molar-refractivity contribution in [2.45, 2.75) is 18.5 Å². The van der Waals surface area contributed by atoms with Gasteiger partial charge in [-0.2, -0.15) is 0 Å². The highest BCUT2D eigenvalue weighted by atomic mass is 15.2. The molecule has 0 bridgehead atoms. The lowest BCUT2D eigenvalue weighted by atomic mass is 10.1. The van der Waals surface area contributed by atoms with Crippen LogP contribution in [0.25, 0.3) is 0 Å². The average molecular weight is 175 g/mol. The van der Waals surface area contributed by atoms with Gasteiger partial charge in [0, 0.05) is 12.8 Å². The van der Waals surface area contributed by atoms with Gasteiger partial charge in [-0.25, -0.2) is 0 Å². The molecule has 2 atom stereocenters. The monoisotopic (exact) mass is 175 g/mol. The van der Waals surface area contributed by atoms with Gasteiger partial charge in [-0.3, -0.25) is 4.99 Å². The molecule has 0 aromatic heterocycles. The number of fused-ring (bicyclic) bond motifs is 1. The van der Waals surface area contributed by atoms with Gasteiger partial charge in [0.15, 0.2) is 0 Å². The fourth-order valence-electron chi connectivity index (χ4n) is 1.72. The van der Waals surface area contributed by atoms with Gasteiger partial charge in [-0.1, -0.05) is 6.08 Å². The zero-order chi connectivity index (χ0) is 9.10. The van der Waals surface area contributed by atoms with Crippen LogP contribution in [0.5, 0.6) is 0 Å². The molecular weight excluding hydrogens is 162 g/mol. The number of dihydropyridines is 1. The van der Waals surface area contributed by atoms with E-state index < -0.39 is 0 Å². The van der Waals surface area contributed by atoms with Crippen molar-refractivity contribution in [1.82, 2.24) is 4.90 Å². The molecule has 2 aliphatic heterocycles. The highest BCUT2D eigenvalue weighted by Gasteiger charge is 2.26. The van der Waals surface area contributed by atoms with Crippen molar-refractivity contribution >= 4 is 12.4 Å². The van der Waals surface area contributed by atoms with Crippen molar-refractivity contribution in [2.24, 2.45) is 4.99 Å². The average Bonchev–Trinajstić information content (AvgIpc) is 2.58. The summed E-state index contributed by atoms with van der Waals surface area (Å²) in [4.78, 5) is 6.59. The van der Waals surface area contributed by atoms with E-state index in [4.69, 9.17) is 5.41 Å². The zero-order valence-corrected chi connectivity index (χ0v) is 7.43. The van der Waals surface area contributed by atoms with Crippen LogP contribution in [-0.4, -0.2) is 36.0 Å². The van der Waals surface area contributed by atoms with Crippen molar-refractivity contribution in [3.05, 3.63) is 24.4 Å². The van der Waals surface area contributed by atoms with Crippen LogP contribution in [0.1, 0.15) is 6.42 Å². The van der Waals surface area contributed by atoms with Crippen LogP contribution >= 0.6 is 0 Å². The highest BCUT2D eigenvalue weighted by molar-refractivity contribution is 5.73. The molecule has 2 unspecified atom stereocenters. The molecule has 2 aliphatic rings. The highest BCUT2D eigenvalue weighted by Crippen LogP contribution is 2.20. The number of hydrogen-bond donors (Lipinski definition) is 1. The maximum absolute atomic E-state index is 6.98. The molecule has 1 N–H and O–H groups in total. The summed E-state index contributed by atoms with van der Waals surface area (Å²) in [6, 6.07) is 0.695. The molecule has 2 heterocycles. The number of aliphatic imine (C=N–C) groups is 1. The number of nitrogens with one attached hydrogen (secondary N) is 1. The van der Waals surface area contributed by atoms with Gasteiger partial charge in [0.2, 0.25) is 0 Å². The molecular formula is C10H13N3. The first-order valence-corrected chi connectivity index (χ1v) is 4.55. The third kappa shape index (κ3) is 1.54. The summed E-state index contributed by atoms with van der Waals surface area (Å²) in [6.45, 7) is 0.918. The molecule has 2 rings (SSSR count). The first-order valence-electron chi connectivity index (χ1n) is 4.55. The molecule has 13 heavy (non-hydrogen) atoms. The Kier molecular flexibility index (Phi) is 2.25. The second-order valence-electron chi connectivity index (χ2n) is 3.24. The van der Waals surface area contributed by atoms with E-state index >= 15 is 0 Å². The van der Waals surface area contributed by atoms with Crippen LogP contribution in [0.4, 0.5) is 0 Å². The molecule has 68 valence electrons. The first-order chi connectivity index (χ1) is 6.42. The molecule has 0 aliphatic carbocycles. The van der Waals surface area contributed by atoms with Crippen molar-refractivity contribution in [3.8, 4) is 0 Å². The summed E-state index contributed by atoms with van der Waals surface area (Å²) in [5.74, 6) is 0. The van der Waals surface area contributed by atoms with Crippen LogP contribution in [-0.2, 0) is 0 Å². The Morgan fingerprint density at radius 3 is 3.23 bits per heavy atom. The Balaban J connectivity index is 2.00. The zero-order valence-electron chi connectivity index (χ0n) is 7.43. The summed E-state index contributed by atoms with van der Waals surface area (Å²) in [5.41, 5.74) is 0. The maximum atomic E-state index is 6.98. The summed E-state index contributed by atoms with van der Waals surface area (Å²) in [7, 11) is 0. The van der Waals surface area contributed by atoms with Crippen molar-refractivity contribution < 1.29 is 0 Å². The minimum absolute atomic E-state index is 0.302. The SMILES string of the molecule is N=CCCN1C=CC2N=CC=CC21. The second-order valence-corrected chi connectivity index (χ2v) is 3.24. The van der Waals surface area contributed by atoms with Gasteiger partial charge < -0.3 is 10.3 Å². The van der Waals surface area contributed by atoms with Crippen LogP contribution in [0.2, 0.25) is 0 Å². The Bertz CT molecular complexity index is 278. The minimum atomic E-state index is 0.302. The van der Waals surface area contributed by atoms with Crippen molar-refractivity contribution in [2.75, 3.05) is 6.54 Å². The van der Waals surface area contributed by atoms with Gasteiger partial charge >= 0.3 is 0 Å². The molecule has 0 aromatic carbocycles. The van der Waals surface area contributed by atoms with E-state index in [0.717, 1.165) is 13.0 Å². The Hall–Kier alpha value is -1.38. The van der Waals surface area contributed by atoms with Crippen LogP contribution in [0.15, 0.2) is 29.4 Å². The number of nitrogens with zero attached hydrogens (tertiary/aromatic N) is 2. The van der Waals surface area contributed by atoms with Gasteiger partial charge in [0.1, 0.15) is 0 Å². The Morgan fingerprint density at radius 2 is 2.38 bits per heavy atom. The molecule has 0 fully saturated rings. The third-order valence-electron chi connectivity index (χ3n) is 2.39. The number of allylic oxidation sites excluding steroid dienone is 1. The van der Waals surface area contributed by atoms with Crippen LogP contribution in [0.3, 0.4) is 0 Å². The topological polar surface area (TPSA) is 39.5 Å². The fourth-order valence-corrected chi connectivity index (χ4v) is 1.72. The van der Waals surface area contributed by atoms with E-state index in [2.05, 4.69) is 28.2 Å². The minimum Gasteiger partial charge on any atom is -0.368 e. The molecule has 0 saturated carbocycles. The number of hydrogen-bond acceptors (Lipinski definition) is 3. The quantitative estimate of drug-likeness (QED) is 0.644. The molecule has 0 amide bonds. The van der Waals surface area contributed by atoms with Gasteiger partial charge in [-0.15, -0.1) is 0 Å². The smallest absolute Gasteiger partial charge is 0.0935 e. The molecule has 0 spiro atoms. The lowest BCUT2D eigenvalue weighted by molar-refractivity contribution is 0.337. The summed E-state index contributed by atoms with van der Waals surface area (Å²) < 4.78 is 0. The van der Waals surface area contributed by atoms with E-state index in [-0.39, 0.29) is 0 Å². The maximum Gasteiger partial charge on any atom is 0.0935 e. The molecule has 3 nitrogen and oxygen atoms in total. The Morgan fingerprint density at radius 1 is 1.46 bits per heavy atom. The Labute approximate surface area is 78.0 Å². The van der Waals surface area contributed by atoms with Gasteiger partial charge in [-0.05, 0) is 31.0 Å². The van der Waals surface area contributed by atoms with Crippen LogP contribution in [0, 0.1) is 5.41 Å². The number of rotatable bonds is 3. The normalized spacial score (nSPS) is 29.4. The second kappa shape index (κ2) is 3.56. The van der Waals surface area contributed by atoms with Crippen molar-refractivity contribution in [3.63, 3.8) is 0 Å². The molecule has 3 heteroatoms. The van der Waals surface area contributed by atoms with Gasteiger partial charge in [0.25, 0.3) is 0 Å². The van der Waals surface area contributed by atoms with Gasteiger partial charge in [0.05, 0.1) is 12.1 Å².